The van der Waals surface area contributed by atoms with E-state index in [1.807, 2.05) is 18.2 Å². The molecule has 1 aliphatic heterocycles. The number of carbonyl (C=O) groups excluding carboxylic acids is 1. The van der Waals surface area contributed by atoms with E-state index in [0.29, 0.717) is 0 Å². The molecule has 1 heterocycles. The van der Waals surface area contributed by atoms with Gasteiger partial charge in [-0.15, -0.1) is 0 Å². The van der Waals surface area contributed by atoms with Crippen molar-refractivity contribution in [1.29, 1.82) is 0 Å². The van der Waals surface area contributed by atoms with Crippen molar-refractivity contribution in [2.45, 2.75) is 39.3 Å². The predicted octanol–water partition coefficient (Wildman–Crippen LogP) is 4.74. The number of amides is 1. The summed E-state index contributed by atoms with van der Waals surface area (Å²) in [4.78, 5) is 15.0. The molecule has 4 heteroatoms. The van der Waals surface area contributed by atoms with E-state index < -0.39 is 0 Å². The van der Waals surface area contributed by atoms with Gasteiger partial charge in [-0.3, -0.25) is 9.69 Å². The lowest BCUT2D eigenvalue weighted by atomic mass is 9.94. The molecule has 1 fully saturated rings. The van der Waals surface area contributed by atoms with E-state index in [1.54, 1.807) is 0 Å². The molecule has 1 aliphatic rings. The normalized spacial score (nSPS) is 17.0. The summed E-state index contributed by atoms with van der Waals surface area (Å²) in [6.45, 7) is 6.92. The summed E-state index contributed by atoms with van der Waals surface area (Å²) in [5.41, 5.74) is 3.62. The van der Waals surface area contributed by atoms with Crippen LogP contribution in [0.15, 0.2) is 48.5 Å². The molecule has 0 radical (unpaired) electrons. The highest BCUT2D eigenvalue weighted by Gasteiger charge is 2.26. The van der Waals surface area contributed by atoms with Gasteiger partial charge in [0.1, 0.15) is 0 Å². The summed E-state index contributed by atoms with van der Waals surface area (Å²) in [6.07, 6.45) is 1.82. The van der Waals surface area contributed by atoms with Gasteiger partial charge >= 0.3 is 0 Å². The van der Waals surface area contributed by atoms with Crippen molar-refractivity contribution in [1.82, 2.24) is 10.2 Å². The number of halogens is 1. The van der Waals surface area contributed by atoms with Crippen LogP contribution in [0.1, 0.15) is 42.5 Å². The van der Waals surface area contributed by atoms with Gasteiger partial charge in [0.2, 0.25) is 5.91 Å². The minimum absolute atomic E-state index is 0.0487. The van der Waals surface area contributed by atoms with Gasteiger partial charge in [0.25, 0.3) is 0 Å². The molecule has 1 atom stereocenters. The average Bonchev–Trinajstić information content (AvgIpc) is 2.63. The number of carbonyl (C=O) groups is 1. The van der Waals surface area contributed by atoms with Crippen LogP contribution in [0.25, 0.3) is 0 Å². The van der Waals surface area contributed by atoms with Crippen LogP contribution in [-0.4, -0.2) is 23.9 Å². The molecule has 3 nitrogen and oxygen atoms in total. The van der Waals surface area contributed by atoms with E-state index in [2.05, 4.69) is 54.4 Å². The fourth-order valence-corrected chi connectivity index (χ4v) is 3.73. The van der Waals surface area contributed by atoms with Crippen molar-refractivity contribution in [2.75, 3.05) is 13.1 Å². The SMILES string of the molecule is Cc1ccc(C(C)NC(=O)C2CCN(Cc3cccc(Cl)c3)CC2)cc1. The molecular weight excluding hydrogens is 344 g/mol. The first-order valence-corrected chi connectivity index (χ1v) is 9.73. The Balaban J connectivity index is 1.48. The highest BCUT2D eigenvalue weighted by atomic mass is 35.5. The number of benzene rings is 2. The van der Waals surface area contributed by atoms with Crippen molar-refractivity contribution < 1.29 is 4.79 Å². The third kappa shape index (κ3) is 5.09. The molecule has 0 aromatic heterocycles. The van der Waals surface area contributed by atoms with E-state index in [-0.39, 0.29) is 17.9 Å². The van der Waals surface area contributed by atoms with E-state index in [1.165, 1.54) is 11.1 Å². The van der Waals surface area contributed by atoms with Crippen LogP contribution in [-0.2, 0) is 11.3 Å². The Bertz CT molecular complexity index is 736. The van der Waals surface area contributed by atoms with Gasteiger partial charge in [-0.25, -0.2) is 0 Å². The minimum atomic E-state index is 0.0487. The molecule has 2 aromatic rings. The number of rotatable bonds is 5. The van der Waals surface area contributed by atoms with Crippen molar-refractivity contribution >= 4 is 17.5 Å². The molecule has 3 rings (SSSR count). The molecule has 26 heavy (non-hydrogen) atoms. The Morgan fingerprint density at radius 2 is 1.88 bits per heavy atom. The highest BCUT2D eigenvalue weighted by Crippen LogP contribution is 2.22. The lowest BCUT2D eigenvalue weighted by Crippen LogP contribution is -2.40. The second kappa shape index (κ2) is 8.70. The summed E-state index contributed by atoms with van der Waals surface area (Å²) in [7, 11) is 0. The Kier molecular flexibility index (Phi) is 6.33. The first-order valence-electron chi connectivity index (χ1n) is 9.35. The van der Waals surface area contributed by atoms with Gasteiger partial charge in [-0.1, -0.05) is 53.6 Å². The Morgan fingerprint density at radius 3 is 2.54 bits per heavy atom. The van der Waals surface area contributed by atoms with Gasteiger partial charge in [-0.05, 0) is 63.0 Å². The van der Waals surface area contributed by atoms with Crippen LogP contribution in [0.5, 0.6) is 0 Å². The maximum atomic E-state index is 12.6. The number of likely N-dealkylation sites (tertiary alicyclic amines) is 1. The van der Waals surface area contributed by atoms with Crippen molar-refractivity contribution in [3.63, 3.8) is 0 Å². The zero-order valence-electron chi connectivity index (χ0n) is 15.5. The molecule has 2 aromatic carbocycles. The molecule has 1 saturated heterocycles. The van der Waals surface area contributed by atoms with E-state index in [9.17, 15) is 4.79 Å². The van der Waals surface area contributed by atoms with Crippen LogP contribution < -0.4 is 5.32 Å². The predicted molar refractivity (Wildman–Crippen MR) is 107 cm³/mol. The summed E-state index contributed by atoms with van der Waals surface area (Å²) in [5, 5.41) is 3.96. The van der Waals surface area contributed by atoms with E-state index >= 15 is 0 Å². The monoisotopic (exact) mass is 370 g/mol. The number of aryl methyl sites for hydroxylation is 1. The van der Waals surface area contributed by atoms with Crippen molar-refractivity contribution in [3.05, 3.63) is 70.2 Å². The molecule has 0 spiro atoms. The summed E-state index contributed by atoms with van der Waals surface area (Å²) < 4.78 is 0. The fourth-order valence-electron chi connectivity index (χ4n) is 3.52. The molecule has 0 aliphatic carbocycles. The maximum absolute atomic E-state index is 12.6. The third-order valence-corrected chi connectivity index (χ3v) is 5.42. The minimum Gasteiger partial charge on any atom is -0.349 e. The lowest BCUT2D eigenvalue weighted by molar-refractivity contribution is -0.127. The number of piperidine rings is 1. The second-order valence-electron chi connectivity index (χ2n) is 7.32. The second-order valence-corrected chi connectivity index (χ2v) is 7.76. The average molecular weight is 371 g/mol. The number of nitrogens with one attached hydrogen (secondary N) is 1. The largest absolute Gasteiger partial charge is 0.349 e. The fraction of sp³-hybridized carbons (Fsp3) is 0.409. The van der Waals surface area contributed by atoms with Gasteiger partial charge < -0.3 is 5.32 Å². The Labute approximate surface area is 161 Å². The van der Waals surface area contributed by atoms with Crippen LogP contribution in [0.2, 0.25) is 5.02 Å². The van der Waals surface area contributed by atoms with E-state index in [4.69, 9.17) is 11.6 Å². The molecule has 0 bridgehead atoms. The Hall–Kier alpha value is -1.84. The molecule has 0 saturated carbocycles. The number of hydrogen-bond donors (Lipinski definition) is 1. The Morgan fingerprint density at radius 1 is 1.19 bits per heavy atom. The van der Waals surface area contributed by atoms with Gasteiger partial charge in [-0.2, -0.15) is 0 Å². The highest BCUT2D eigenvalue weighted by molar-refractivity contribution is 6.30. The first kappa shape index (κ1) is 18.9. The van der Waals surface area contributed by atoms with Crippen LogP contribution >= 0.6 is 11.6 Å². The van der Waals surface area contributed by atoms with Crippen LogP contribution in [0, 0.1) is 12.8 Å². The molecular formula is C22H27ClN2O. The molecule has 1 N–H and O–H groups in total. The molecule has 1 unspecified atom stereocenters. The zero-order valence-corrected chi connectivity index (χ0v) is 16.3. The standard InChI is InChI=1S/C22H27ClN2O/c1-16-6-8-19(9-7-16)17(2)24-22(26)20-10-12-25(13-11-20)15-18-4-3-5-21(23)14-18/h3-9,14,17,20H,10-13,15H2,1-2H3,(H,24,26). The van der Waals surface area contributed by atoms with Crippen molar-refractivity contribution in [2.24, 2.45) is 5.92 Å². The summed E-state index contributed by atoms with van der Waals surface area (Å²) >= 11 is 6.06. The van der Waals surface area contributed by atoms with Gasteiger partial charge in [0, 0.05) is 17.5 Å². The summed E-state index contributed by atoms with van der Waals surface area (Å²) in [6, 6.07) is 16.4. The number of hydrogen-bond acceptors (Lipinski definition) is 2. The van der Waals surface area contributed by atoms with Gasteiger partial charge in [0.05, 0.1) is 6.04 Å². The van der Waals surface area contributed by atoms with Crippen molar-refractivity contribution in [3.8, 4) is 0 Å². The third-order valence-electron chi connectivity index (χ3n) is 5.19. The van der Waals surface area contributed by atoms with Crippen LogP contribution in [0.3, 0.4) is 0 Å². The lowest BCUT2D eigenvalue weighted by Gasteiger charge is -2.32. The zero-order chi connectivity index (χ0) is 18.5. The van der Waals surface area contributed by atoms with Gasteiger partial charge in [0.15, 0.2) is 0 Å². The topological polar surface area (TPSA) is 32.3 Å². The maximum Gasteiger partial charge on any atom is 0.223 e. The van der Waals surface area contributed by atoms with Crippen LogP contribution in [0.4, 0.5) is 0 Å². The molecule has 1 amide bonds. The smallest absolute Gasteiger partial charge is 0.223 e. The van der Waals surface area contributed by atoms with E-state index in [0.717, 1.165) is 43.1 Å². The first-order chi connectivity index (χ1) is 12.5. The quantitative estimate of drug-likeness (QED) is 0.824. The molecule has 138 valence electrons. The summed E-state index contributed by atoms with van der Waals surface area (Å²) in [5.74, 6) is 0.291. The number of nitrogens with zero attached hydrogens (tertiary/aromatic N) is 1.